The second kappa shape index (κ2) is 6.06. The van der Waals surface area contributed by atoms with E-state index in [9.17, 15) is 4.79 Å². The number of hydrogen-bond donors (Lipinski definition) is 2. The number of amides is 1. The summed E-state index contributed by atoms with van der Waals surface area (Å²) in [6, 6.07) is 14.3. The van der Waals surface area contributed by atoms with Gasteiger partial charge < -0.3 is 15.8 Å². The van der Waals surface area contributed by atoms with Crippen molar-refractivity contribution in [2.75, 3.05) is 12.4 Å². The van der Waals surface area contributed by atoms with Gasteiger partial charge in [0.2, 0.25) is 5.91 Å². The molecule has 0 aliphatic rings. The quantitative estimate of drug-likeness (QED) is 0.892. The van der Waals surface area contributed by atoms with E-state index in [-0.39, 0.29) is 0 Å². The Morgan fingerprint density at radius 1 is 1.24 bits per heavy atom. The van der Waals surface area contributed by atoms with Crippen LogP contribution in [-0.2, 0) is 10.3 Å². The summed E-state index contributed by atoms with van der Waals surface area (Å²) in [6.07, 6.45) is 0. The first-order valence-corrected chi connectivity index (χ1v) is 6.81. The van der Waals surface area contributed by atoms with E-state index < -0.39 is 11.4 Å². The molecule has 2 aromatic rings. The van der Waals surface area contributed by atoms with Crippen molar-refractivity contribution >= 4 is 23.2 Å². The second-order valence-electron chi connectivity index (χ2n) is 4.85. The molecule has 0 aliphatic heterocycles. The highest BCUT2D eigenvalue weighted by Crippen LogP contribution is 2.28. The van der Waals surface area contributed by atoms with Gasteiger partial charge in [0, 0.05) is 10.7 Å². The fourth-order valence-electron chi connectivity index (χ4n) is 2.04. The summed E-state index contributed by atoms with van der Waals surface area (Å²) in [6.45, 7) is 1.73. The molecule has 110 valence electrons. The Kier molecular flexibility index (Phi) is 4.38. The summed E-state index contributed by atoms with van der Waals surface area (Å²) in [4.78, 5) is 12.0. The number of nitrogens with one attached hydrogen (secondary N) is 1. The largest absolute Gasteiger partial charge is 0.497 e. The first kappa shape index (κ1) is 15.2. The first-order valence-electron chi connectivity index (χ1n) is 6.44. The summed E-state index contributed by atoms with van der Waals surface area (Å²) in [5.41, 5.74) is 6.00. The highest BCUT2D eigenvalue weighted by Gasteiger charge is 2.33. The SMILES string of the molecule is COc1ccc(NC(C)(C(N)=O)c2cccc(Cl)c2)cc1. The predicted molar refractivity (Wildman–Crippen MR) is 84.6 cm³/mol. The topological polar surface area (TPSA) is 64.3 Å². The van der Waals surface area contributed by atoms with Crippen LogP contribution in [-0.4, -0.2) is 13.0 Å². The number of carbonyl (C=O) groups is 1. The first-order chi connectivity index (χ1) is 9.95. The lowest BCUT2D eigenvalue weighted by Crippen LogP contribution is -2.45. The highest BCUT2D eigenvalue weighted by atomic mass is 35.5. The molecule has 1 unspecified atom stereocenters. The van der Waals surface area contributed by atoms with Gasteiger partial charge in [-0.1, -0.05) is 23.7 Å². The van der Waals surface area contributed by atoms with E-state index in [2.05, 4.69) is 5.32 Å². The van der Waals surface area contributed by atoms with Crippen LogP contribution in [0.1, 0.15) is 12.5 Å². The van der Waals surface area contributed by atoms with Crippen molar-refractivity contribution in [2.45, 2.75) is 12.5 Å². The minimum atomic E-state index is -1.06. The van der Waals surface area contributed by atoms with Crippen molar-refractivity contribution < 1.29 is 9.53 Å². The summed E-state index contributed by atoms with van der Waals surface area (Å²) in [5, 5.41) is 3.71. The zero-order chi connectivity index (χ0) is 15.5. The molecular formula is C16H17ClN2O2. The van der Waals surface area contributed by atoms with Crippen LogP contribution in [0.15, 0.2) is 48.5 Å². The van der Waals surface area contributed by atoms with E-state index in [1.165, 1.54) is 0 Å². The predicted octanol–water partition coefficient (Wildman–Crippen LogP) is 3.16. The Bertz CT molecular complexity index is 643. The molecule has 0 aliphatic carbocycles. The van der Waals surface area contributed by atoms with Crippen LogP contribution in [0, 0.1) is 0 Å². The lowest BCUT2D eigenvalue weighted by molar-refractivity contribution is -0.122. The zero-order valence-electron chi connectivity index (χ0n) is 11.9. The number of methoxy groups -OCH3 is 1. The number of halogens is 1. The third-order valence-corrected chi connectivity index (χ3v) is 3.61. The Morgan fingerprint density at radius 3 is 2.43 bits per heavy atom. The molecule has 2 rings (SSSR count). The Hall–Kier alpha value is -2.20. The average Bonchev–Trinajstić information content (AvgIpc) is 2.47. The summed E-state index contributed by atoms with van der Waals surface area (Å²) < 4.78 is 5.11. The standard InChI is InChI=1S/C16H17ClN2O2/c1-16(15(18)20,11-4-3-5-12(17)10-11)19-13-6-8-14(21-2)9-7-13/h3-10,19H,1-2H3,(H2,18,20). The maximum absolute atomic E-state index is 12.0. The normalized spacial score (nSPS) is 13.3. The summed E-state index contributed by atoms with van der Waals surface area (Å²) in [7, 11) is 1.60. The van der Waals surface area contributed by atoms with Gasteiger partial charge >= 0.3 is 0 Å². The van der Waals surface area contributed by atoms with E-state index in [0.29, 0.717) is 10.6 Å². The fraction of sp³-hybridized carbons (Fsp3) is 0.188. The van der Waals surface area contributed by atoms with Crippen LogP contribution >= 0.6 is 11.6 Å². The molecule has 2 aromatic carbocycles. The van der Waals surface area contributed by atoms with Gasteiger partial charge in [-0.2, -0.15) is 0 Å². The number of benzene rings is 2. The van der Waals surface area contributed by atoms with Crippen LogP contribution in [0.5, 0.6) is 5.75 Å². The molecule has 0 heterocycles. The maximum Gasteiger partial charge on any atom is 0.247 e. The molecule has 5 heteroatoms. The molecule has 0 aromatic heterocycles. The van der Waals surface area contributed by atoms with Crippen LogP contribution < -0.4 is 15.8 Å². The van der Waals surface area contributed by atoms with Gasteiger partial charge in [0.05, 0.1) is 7.11 Å². The Morgan fingerprint density at radius 2 is 1.90 bits per heavy atom. The zero-order valence-corrected chi connectivity index (χ0v) is 12.6. The lowest BCUT2D eigenvalue weighted by atomic mass is 9.91. The van der Waals surface area contributed by atoms with Gasteiger partial charge in [0.25, 0.3) is 0 Å². The van der Waals surface area contributed by atoms with Crippen LogP contribution in [0.25, 0.3) is 0 Å². The lowest BCUT2D eigenvalue weighted by Gasteiger charge is -2.29. The molecule has 0 radical (unpaired) electrons. The minimum Gasteiger partial charge on any atom is -0.497 e. The molecule has 0 saturated heterocycles. The van der Waals surface area contributed by atoms with Crippen molar-refractivity contribution in [2.24, 2.45) is 5.73 Å². The number of anilines is 1. The second-order valence-corrected chi connectivity index (χ2v) is 5.29. The molecule has 0 bridgehead atoms. The number of rotatable bonds is 5. The van der Waals surface area contributed by atoms with Gasteiger partial charge in [-0.25, -0.2) is 0 Å². The molecule has 1 atom stereocenters. The number of nitrogens with two attached hydrogens (primary N) is 1. The minimum absolute atomic E-state index is 0.486. The monoisotopic (exact) mass is 304 g/mol. The number of primary amides is 1. The van der Waals surface area contributed by atoms with Gasteiger partial charge in [0.1, 0.15) is 11.3 Å². The van der Waals surface area contributed by atoms with Crippen molar-refractivity contribution in [1.82, 2.24) is 0 Å². The van der Waals surface area contributed by atoms with Crippen molar-refractivity contribution in [3.05, 3.63) is 59.1 Å². The molecular weight excluding hydrogens is 288 g/mol. The fourth-order valence-corrected chi connectivity index (χ4v) is 2.23. The van der Waals surface area contributed by atoms with E-state index >= 15 is 0 Å². The smallest absolute Gasteiger partial charge is 0.247 e. The van der Waals surface area contributed by atoms with Crippen molar-refractivity contribution in [3.63, 3.8) is 0 Å². The van der Waals surface area contributed by atoms with E-state index in [4.69, 9.17) is 22.1 Å². The molecule has 1 amide bonds. The van der Waals surface area contributed by atoms with Crippen LogP contribution in [0.2, 0.25) is 5.02 Å². The van der Waals surface area contributed by atoms with Crippen molar-refractivity contribution in [3.8, 4) is 5.75 Å². The molecule has 0 fully saturated rings. The molecule has 3 N–H and O–H groups in total. The third kappa shape index (κ3) is 3.28. The van der Waals surface area contributed by atoms with E-state index in [0.717, 1.165) is 11.4 Å². The number of ether oxygens (including phenoxy) is 1. The van der Waals surface area contributed by atoms with Crippen LogP contribution in [0.3, 0.4) is 0 Å². The summed E-state index contributed by atoms with van der Waals surface area (Å²) in [5.74, 6) is 0.254. The van der Waals surface area contributed by atoms with Crippen molar-refractivity contribution in [1.29, 1.82) is 0 Å². The highest BCUT2D eigenvalue weighted by molar-refractivity contribution is 6.30. The molecule has 0 saturated carbocycles. The maximum atomic E-state index is 12.0. The molecule has 21 heavy (non-hydrogen) atoms. The number of carbonyl (C=O) groups excluding carboxylic acids is 1. The van der Waals surface area contributed by atoms with E-state index in [1.54, 1.807) is 32.2 Å². The number of hydrogen-bond acceptors (Lipinski definition) is 3. The molecule has 0 spiro atoms. The van der Waals surface area contributed by atoms with Gasteiger partial charge in [0.15, 0.2) is 0 Å². The van der Waals surface area contributed by atoms with Crippen LogP contribution in [0.4, 0.5) is 5.69 Å². The average molecular weight is 305 g/mol. The summed E-state index contributed by atoms with van der Waals surface area (Å²) >= 11 is 6.00. The third-order valence-electron chi connectivity index (χ3n) is 3.38. The van der Waals surface area contributed by atoms with E-state index in [1.807, 2.05) is 30.3 Å². The van der Waals surface area contributed by atoms with Gasteiger partial charge in [-0.3, -0.25) is 4.79 Å². The molecule has 4 nitrogen and oxygen atoms in total. The van der Waals surface area contributed by atoms with Gasteiger partial charge in [-0.05, 0) is 48.9 Å². The Labute approximate surface area is 128 Å². The Balaban J connectivity index is 2.36. The van der Waals surface area contributed by atoms with Gasteiger partial charge in [-0.15, -0.1) is 0 Å².